The Kier molecular flexibility index (Phi) is 3.32. The number of rotatable bonds is 4. The van der Waals surface area contributed by atoms with E-state index in [0.717, 1.165) is 0 Å². The Labute approximate surface area is 108 Å². The van der Waals surface area contributed by atoms with Gasteiger partial charge in [0, 0.05) is 6.07 Å². The van der Waals surface area contributed by atoms with Gasteiger partial charge in [0.05, 0.1) is 23.4 Å². The Morgan fingerprint density at radius 2 is 2.26 bits per heavy atom. The Morgan fingerprint density at radius 1 is 1.53 bits per heavy atom. The van der Waals surface area contributed by atoms with Crippen molar-refractivity contribution < 1.29 is 9.66 Å². The van der Waals surface area contributed by atoms with Crippen molar-refractivity contribution in [3.05, 3.63) is 34.0 Å². The molecule has 0 amide bonds. The second-order valence-electron chi connectivity index (χ2n) is 3.80. The molecule has 0 aliphatic carbocycles. The molecule has 1 heterocycles. The minimum absolute atomic E-state index is 0.129. The van der Waals surface area contributed by atoms with Gasteiger partial charge in [-0.25, -0.2) is 4.68 Å². The summed E-state index contributed by atoms with van der Waals surface area (Å²) in [6, 6.07) is 4.57. The van der Waals surface area contributed by atoms with Gasteiger partial charge < -0.3 is 10.5 Å². The van der Waals surface area contributed by atoms with Gasteiger partial charge in [-0.1, -0.05) is 12.1 Å². The van der Waals surface area contributed by atoms with E-state index in [4.69, 9.17) is 10.5 Å². The van der Waals surface area contributed by atoms with Gasteiger partial charge in [0.2, 0.25) is 0 Å². The third kappa shape index (κ3) is 2.19. The van der Waals surface area contributed by atoms with E-state index < -0.39 is 4.92 Å². The monoisotopic (exact) mass is 263 g/mol. The van der Waals surface area contributed by atoms with Gasteiger partial charge in [-0.3, -0.25) is 10.1 Å². The summed E-state index contributed by atoms with van der Waals surface area (Å²) in [5, 5.41) is 18.6. The van der Waals surface area contributed by atoms with Gasteiger partial charge in [-0.05, 0) is 18.6 Å². The number of nitro benzene ring substituents is 1. The van der Waals surface area contributed by atoms with E-state index in [1.54, 1.807) is 6.07 Å². The van der Waals surface area contributed by atoms with Crippen molar-refractivity contribution in [3.63, 3.8) is 0 Å². The van der Waals surface area contributed by atoms with Crippen molar-refractivity contribution in [2.45, 2.75) is 13.3 Å². The molecule has 0 fully saturated rings. The lowest BCUT2D eigenvalue weighted by Gasteiger charge is -2.07. The average molecular weight is 263 g/mol. The van der Waals surface area contributed by atoms with Gasteiger partial charge in [-0.2, -0.15) is 0 Å². The third-order valence-corrected chi connectivity index (χ3v) is 2.73. The minimum Gasteiger partial charge on any atom is -0.490 e. The zero-order valence-electron chi connectivity index (χ0n) is 10.5. The first-order chi connectivity index (χ1) is 9.08. The van der Waals surface area contributed by atoms with Gasteiger partial charge in [0.25, 0.3) is 0 Å². The van der Waals surface area contributed by atoms with E-state index >= 15 is 0 Å². The standard InChI is InChI=1S/C11H13N5O3/c1-3-8-11(12)13-14-15(8)7-4-5-10(19-2)9(6-7)16(17)18/h4-6H,3,12H2,1-2H3. The summed E-state index contributed by atoms with van der Waals surface area (Å²) in [6.07, 6.45) is 0.624. The quantitative estimate of drug-likeness (QED) is 0.658. The lowest BCUT2D eigenvalue weighted by atomic mass is 10.2. The highest BCUT2D eigenvalue weighted by Gasteiger charge is 2.18. The topological polar surface area (TPSA) is 109 Å². The molecule has 0 saturated carbocycles. The zero-order chi connectivity index (χ0) is 14.0. The molecule has 2 N–H and O–H groups in total. The first-order valence-corrected chi connectivity index (χ1v) is 5.61. The number of aromatic nitrogens is 3. The van der Waals surface area contributed by atoms with Crippen LogP contribution in [0.2, 0.25) is 0 Å². The number of anilines is 1. The highest BCUT2D eigenvalue weighted by atomic mass is 16.6. The van der Waals surface area contributed by atoms with Crippen molar-refractivity contribution in [2.24, 2.45) is 0 Å². The molecule has 19 heavy (non-hydrogen) atoms. The van der Waals surface area contributed by atoms with E-state index in [2.05, 4.69) is 10.3 Å². The van der Waals surface area contributed by atoms with Gasteiger partial charge in [0.1, 0.15) is 0 Å². The lowest BCUT2D eigenvalue weighted by molar-refractivity contribution is -0.385. The maximum atomic E-state index is 11.0. The van der Waals surface area contributed by atoms with Crippen LogP contribution in [0.1, 0.15) is 12.6 Å². The maximum absolute atomic E-state index is 11.0. The van der Waals surface area contributed by atoms with Crippen LogP contribution < -0.4 is 10.5 Å². The van der Waals surface area contributed by atoms with Crippen LogP contribution in [0.4, 0.5) is 11.5 Å². The summed E-state index contributed by atoms with van der Waals surface area (Å²) in [5.74, 6) is 0.515. The molecule has 2 aromatic rings. The molecule has 1 aromatic heterocycles. The molecule has 0 unspecified atom stereocenters. The summed E-state index contributed by atoms with van der Waals surface area (Å²) in [4.78, 5) is 10.5. The molecule has 0 radical (unpaired) electrons. The van der Waals surface area contributed by atoms with E-state index in [-0.39, 0.29) is 11.4 Å². The molecule has 2 rings (SSSR count). The van der Waals surface area contributed by atoms with Crippen LogP contribution in [0.15, 0.2) is 18.2 Å². The molecule has 0 spiro atoms. The van der Waals surface area contributed by atoms with E-state index in [0.29, 0.717) is 23.6 Å². The van der Waals surface area contributed by atoms with E-state index in [1.165, 1.54) is 23.9 Å². The summed E-state index contributed by atoms with van der Waals surface area (Å²) in [7, 11) is 1.38. The summed E-state index contributed by atoms with van der Waals surface area (Å²) < 4.78 is 6.44. The Morgan fingerprint density at radius 3 is 2.84 bits per heavy atom. The van der Waals surface area contributed by atoms with Crippen molar-refractivity contribution in [3.8, 4) is 11.4 Å². The molecular weight excluding hydrogens is 250 g/mol. The van der Waals surface area contributed by atoms with Crippen LogP contribution in [-0.4, -0.2) is 27.0 Å². The molecule has 8 heteroatoms. The number of ether oxygens (including phenoxy) is 1. The molecule has 0 aliphatic rings. The molecule has 1 aromatic carbocycles. The molecule has 8 nitrogen and oxygen atoms in total. The van der Waals surface area contributed by atoms with Crippen LogP contribution in [0, 0.1) is 10.1 Å². The number of methoxy groups -OCH3 is 1. The largest absolute Gasteiger partial charge is 0.490 e. The predicted molar refractivity (Wildman–Crippen MR) is 68.4 cm³/mol. The fourth-order valence-corrected chi connectivity index (χ4v) is 1.80. The molecule has 0 bridgehead atoms. The fourth-order valence-electron chi connectivity index (χ4n) is 1.80. The van der Waals surface area contributed by atoms with Crippen LogP contribution in [-0.2, 0) is 6.42 Å². The number of hydrogen-bond donors (Lipinski definition) is 1. The Bertz CT molecular complexity index is 623. The number of nitrogens with two attached hydrogens (primary N) is 1. The van der Waals surface area contributed by atoms with Crippen molar-refractivity contribution in [1.29, 1.82) is 0 Å². The average Bonchev–Trinajstić information content (AvgIpc) is 2.78. The van der Waals surface area contributed by atoms with Crippen molar-refractivity contribution >= 4 is 11.5 Å². The molecule has 0 aliphatic heterocycles. The van der Waals surface area contributed by atoms with Gasteiger partial charge in [-0.15, -0.1) is 5.10 Å². The summed E-state index contributed by atoms with van der Waals surface area (Å²) in [6.45, 7) is 1.91. The second kappa shape index (κ2) is 4.92. The van der Waals surface area contributed by atoms with Crippen molar-refractivity contribution in [2.75, 3.05) is 12.8 Å². The number of hydrogen-bond acceptors (Lipinski definition) is 6. The first-order valence-electron chi connectivity index (χ1n) is 5.61. The number of nitrogens with zero attached hydrogens (tertiary/aromatic N) is 4. The van der Waals surface area contributed by atoms with Crippen LogP contribution in [0.3, 0.4) is 0 Å². The van der Waals surface area contributed by atoms with E-state index in [1.807, 2.05) is 6.92 Å². The molecule has 0 atom stereocenters. The Balaban J connectivity index is 2.57. The van der Waals surface area contributed by atoms with Crippen molar-refractivity contribution in [1.82, 2.24) is 15.0 Å². The highest BCUT2D eigenvalue weighted by Crippen LogP contribution is 2.29. The number of nitrogen functional groups attached to an aromatic ring is 1. The van der Waals surface area contributed by atoms with E-state index in [9.17, 15) is 10.1 Å². The maximum Gasteiger partial charge on any atom is 0.313 e. The van der Waals surface area contributed by atoms with Gasteiger partial charge >= 0.3 is 5.69 Å². The number of benzene rings is 1. The molecule has 100 valence electrons. The first kappa shape index (κ1) is 12.8. The summed E-state index contributed by atoms with van der Waals surface area (Å²) in [5.41, 5.74) is 6.79. The molecular formula is C11H13N5O3. The summed E-state index contributed by atoms with van der Waals surface area (Å²) >= 11 is 0. The minimum atomic E-state index is -0.506. The SMILES string of the molecule is CCc1c(N)nnn1-c1ccc(OC)c([N+](=O)[O-])c1. The number of nitro groups is 1. The highest BCUT2D eigenvalue weighted by molar-refractivity contribution is 5.54. The normalized spacial score (nSPS) is 10.4. The van der Waals surface area contributed by atoms with Crippen LogP contribution >= 0.6 is 0 Å². The third-order valence-electron chi connectivity index (χ3n) is 2.73. The molecule has 0 saturated heterocycles. The predicted octanol–water partition coefficient (Wildman–Crippen LogP) is 1.33. The van der Waals surface area contributed by atoms with Gasteiger partial charge in [0.15, 0.2) is 11.6 Å². The fraction of sp³-hybridized carbons (Fsp3) is 0.273. The Hall–Kier alpha value is -2.64. The lowest BCUT2D eigenvalue weighted by Crippen LogP contribution is -2.04. The smallest absolute Gasteiger partial charge is 0.313 e. The second-order valence-corrected chi connectivity index (χ2v) is 3.80. The zero-order valence-corrected chi connectivity index (χ0v) is 10.5. The van der Waals surface area contributed by atoms with Crippen LogP contribution in [0.25, 0.3) is 5.69 Å². The van der Waals surface area contributed by atoms with Crippen LogP contribution in [0.5, 0.6) is 5.75 Å².